The standard InChI is InChI=1S/C16H21N7/c17-14-13-16(19-10-18-13)22-15(21-14)12-8-20-23(9-12)7-6-11-4-2-1-3-5-11/h8-11H,1-7H2,(H3,17,18,19,21,22). The molecule has 1 aliphatic rings. The number of nitrogen functional groups attached to an aromatic ring is 1. The maximum Gasteiger partial charge on any atom is 0.183 e. The number of anilines is 1. The predicted molar refractivity (Wildman–Crippen MR) is 88.5 cm³/mol. The van der Waals surface area contributed by atoms with Gasteiger partial charge in [0.2, 0.25) is 0 Å². The molecule has 3 heterocycles. The zero-order valence-corrected chi connectivity index (χ0v) is 13.1. The van der Waals surface area contributed by atoms with Gasteiger partial charge in [0, 0.05) is 12.7 Å². The molecule has 0 aliphatic heterocycles. The van der Waals surface area contributed by atoms with E-state index in [1.54, 1.807) is 12.5 Å². The van der Waals surface area contributed by atoms with Gasteiger partial charge in [0.15, 0.2) is 17.3 Å². The van der Waals surface area contributed by atoms with E-state index in [1.807, 2.05) is 10.9 Å². The third-order valence-corrected chi connectivity index (χ3v) is 4.70. The number of fused-ring (bicyclic) bond motifs is 1. The molecule has 0 aromatic carbocycles. The summed E-state index contributed by atoms with van der Waals surface area (Å²) in [6.07, 6.45) is 13.5. The third-order valence-electron chi connectivity index (χ3n) is 4.70. The Hall–Kier alpha value is -2.44. The molecule has 0 bridgehead atoms. The zero-order valence-electron chi connectivity index (χ0n) is 13.1. The zero-order chi connectivity index (χ0) is 15.6. The van der Waals surface area contributed by atoms with Gasteiger partial charge in [-0.2, -0.15) is 5.10 Å². The van der Waals surface area contributed by atoms with E-state index < -0.39 is 0 Å². The van der Waals surface area contributed by atoms with Crippen molar-refractivity contribution in [3.05, 3.63) is 18.7 Å². The van der Waals surface area contributed by atoms with Crippen LogP contribution in [0.5, 0.6) is 0 Å². The summed E-state index contributed by atoms with van der Waals surface area (Å²) >= 11 is 0. The number of hydrogen-bond donors (Lipinski definition) is 2. The monoisotopic (exact) mass is 311 g/mol. The Morgan fingerprint density at radius 2 is 2.09 bits per heavy atom. The topological polar surface area (TPSA) is 98.3 Å². The summed E-state index contributed by atoms with van der Waals surface area (Å²) in [4.78, 5) is 15.9. The van der Waals surface area contributed by atoms with E-state index in [1.165, 1.54) is 38.5 Å². The second-order valence-electron chi connectivity index (χ2n) is 6.32. The van der Waals surface area contributed by atoms with Gasteiger partial charge >= 0.3 is 0 Å². The van der Waals surface area contributed by atoms with Crippen LogP contribution in [0.2, 0.25) is 0 Å². The van der Waals surface area contributed by atoms with Crippen LogP contribution in [-0.2, 0) is 6.54 Å². The van der Waals surface area contributed by atoms with Crippen LogP contribution in [0, 0.1) is 5.92 Å². The van der Waals surface area contributed by atoms with Crippen molar-refractivity contribution in [2.24, 2.45) is 5.92 Å². The van der Waals surface area contributed by atoms with Crippen molar-refractivity contribution in [3.63, 3.8) is 0 Å². The number of nitrogens with two attached hydrogens (primary N) is 1. The Morgan fingerprint density at radius 1 is 1.22 bits per heavy atom. The molecular weight excluding hydrogens is 290 g/mol. The number of nitrogens with one attached hydrogen (secondary N) is 1. The maximum atomic E-state index is 5.95. The van der Waals surface area contributed by atoms with Crippen LogP contribution >= 0.6 is 0 Å². The summed E-state index contributed by atoms with van der Waals surface area (Å²) in [7, 11) is 0. The first kappa shape index (κ1) is 14.2. The van der Waals surface area contributed by atoms with Crippen molar-refractivity contribution in [3.8, 4) is 11.4 Å². The molecule has 0 saturated heterocycles. The normalized spacial score (nSPS) is 16.2. The molecule has 0 unspecified atom stereocenters. The maximum absolute atomic E-state index is 5.95. The van der Waals surface area contributed by atoms with Gasteiger partial charge in [-0.25, -0.2) is 15.0 Å². The Bertz CT molecular complexity index is 798. The number of hydrogen-bond acceptors (Lipinski definition) is 5. The SMILES string of the molecule is Nc1nc(-c2cnn(CCC3CCCCC3)c2)nc2nc[nH]c12. The van der Waals surface area contributed by atoms with E-state index >= 15 is 0 Å². The van der Waals surface area contributed by atoms with Gasteiger partial charge in [0.05, 0.1) is 18.1 Å². The first-order valence-corrected chi connectivity index (χ1v) is 8.29. The smallest absolute Gasteiger partial charge is 0.183 e. The molecule has 3 aromatic heterocycles. The number of aromatic nitrogens is 6. The van der Waals surface area contributed by atoms with Crippen molar-refractivity contribution in [1.82, 2.24) is 29.7 Å². The average Bonchev–Trinajstić information content (AvgIpc) is 3.23. The molecule has 7 nitrogen and oxygen atoms in total. The van der Waals surface area contributed by atoms with Crippen LogP contribution in [0.3, 0.4) is 0 Å². The van der Waals surface area contributed by atoms with E-state index in [2.05, 4.69) is 25.0 Å². The Kier molecular flexibility index (Phi) is 3.69. The van der Waals surface area contributed by atoms with Crippen LogP contribution in [0.25, 0.3) is 22.6 Å². The van der Waals surface area contributed by atoms with Gasteiger partial charge in [0.1, 0.15) is 5.52 Å². The number of imidazole rings is 1. The molecule has 1 saturated carbocycles. The van der Waals surface area contributed by atoms with E-state index in [0.717, 1.165) is 18.0 Å². The number of aromatic amines is 1. The summed E-state index contributed by atoms with van der Waals surface area (Å²) in [6, 6.07) is 0. The largest absolute Gasteiger partial charge is 0.382 e. The van der Waals surface area contributed by atoms with Gasteiger partial charge in [-0.1, -0.05) is 32.1 Å². The summed E-state index contributed by atoms with van der Waals surface area (Å²) in [5.74, 6) is 1.84. The van der Waals surface area contributed by atoms with Crippen LogP contribution in [0.1, 0.15) is 38.5 Å². The molecular formula is C16H21N7. The van der Waals surface area contributed by atoms with Crippen molar-refractivity contribution < 1.29 is 0 Å². The first-order chi connectivity index (χ1) is 11.3. The van der Waals surface area contributed by atoms with Crippen molar-refractivity contribution in [1.29, 1.82) is 0 Å². The molecule has 0 amide bonds. The fourth-order valence-corrected chi connectivity index (χ4v) is 3.38. The summed E-state index contributed by atoms with van der Waals surface area (Å²) < 4.78 is 1.98. The highest BCUT2D eigenvalue weighted by molar-refractivity contribution is 5.82. The molecule has 7 heteroatoms. The fourth-order valence-electron chi connectivity index (χ4n) is 3.38. The van der Waals surface area contributed by atoms with E-state index in [-0.39, 0.29) is 0 Å². The minimum Gasteiger partial charge on any atom is -0.382 e. The summed E-state index contributed by atoms with van der Waals surface area (Å²) in [5, 5.41) is 4.44. The minimum absolute atomic E-state index is 0.414. The van der Waals surface area contributed by atoms with Crippen LogP contribution in [0.4, 0.5) is 5.82 Å². The van der Waals surface area contributed by atoms with Gasteiger partial charge in [-0.15, -0.1) is 0 Å². The molecule has 3 aromatic rings. The van der Waals surface area contributed by atoms with Gasteiger partial charge in [-0.3, -0.25) is 4.68 Å². The number of aryl methyl sites for hydroxylation is 1. The molecule has 0 radical (unpaired) electrons. The minimum atomic E-state index is 0.414. The second-order valence-corrected chi connectivity index (χ2v) is 6.32. The number of nitrogens with zero attached hydrogens (tertiary/aromatic N) is 5. The molecule has 0 atom stereocenters. The highest BCUT2D eigenvalue weighted by Gasteiger charge is 2.14. The van der Waals surface area contributed by atoms with Crippen molar-refractivity contribution in [2.75, 3.05) is 5.73 Å². The third kappa shape index (κ3) is 2.91. The quantitative estimate of drug-likeness (QED) is 0.772. The van der Waals surface area contributed by atoms with Crippen LogP contribution in [-0.4, -0.2) is 29.7 Å². The van der Waals surface area contributed by atoms with Crippen LogP contribution < -0.4 is 5.73 Å². The molecule has 3 N–H and O–H groups in total. The number of rotatable bonds is 4. The molecule has 4 rings (SSSR count). The highest BCUT2D eigenvalue weighted by Crippen LogP contribution is 2.27. The van der Waals surface area contributed by atoms with Crippen molar-refractivity contribution >= 4 is 17.0 Å². The second kappa shape index (κ2) is 5.98. The lowest BCUT2D eigenvalue weighted by Crippen LogP contribution is -2.10. The molecule has 0 spiro atoms. The van der Waals surface area contributed by atoms with Crippen LogP contribution in [0.15, 0.2) is 18.7 Å². The van der Waals surface area contributed by atoms with E-state index in [0.29, 0.717) is 22.8 Å². The number of H-pyrrole nitrogens is 1. The Labute approximate surface area is 134 Å². The lowest BCUT2D eigenvalue weighted by Gasteiger charge is -2.21. The first-order valence-electron chi connectivity index (χ1n) is 8.29. The lowest BCUT2D eigenvalue weighted by atomic mass is 9.87. The highest BCUT2D eigenvalue weighted by atomic mass is 15.3. The molecule has 23 heavy (non-hydrogen) atoms. The Balaban J connectivity index is 1.49. The van der Waals surface area contributed by atoms with Crippen molar-refractivity contribution in [2.45, 2.75) is 45.1 Å². The Morgan fingerprint density at radius 3 is 2.96 bits per heavy atom. The van der Waals surface area contributed by atoms with Gasteiger partial charge < -0.3 is 10.7 Å². The summed E-state index contributed by atoms with van der Waals surface area (Å²) in [6.45, 7) is 0.949. The fraction of sp³-hybridized carbons (Fsp3) is 0.500. The van der Waals surface area contributed by atoms with E-state index in [4.69, 9.17) is 5.73 Å². The van der Waals surface area contributed by atoms with Gasteiger partial charge in [0.25, 0.3) is 0 Å². The lowest BCUT2D eigenvalue weighted by molar-refractivity contribution is 0.319. The molecule has 1 aliphatic carbocycles. The van der Waals surface area contributed by atoms with E-state index in [9.17, 15) is 0 Å². The molecule has 120 valence electrons. The average molecular weight is 311 g/mol. The molecule has 1 fully saturated rings. The van der Waals surface area contributed by atoms with Gasteiger partial charge in [-0.05, 0) is 12.3 Å². The predicted octanol–water partition coefficient (Wildman–Crippen LogP) is 2.77. The summed E-state index contributed by atoms with van der Waals surface area (Å²) in [5.41, 5.74) is 8.10.